The Hall–Kier alpha value is -1.18. The number of rotatable bonds is 2. The van der Waals surface area contributed by atoms with Crippen LogP contribution in [-0.2, 0) is 6.42 Å². The summed E-state index contributed by atoms with van der Waals surface area (Å²) in [7, 11) is 2.18. The van der Waals surface area contributed by atoms with Crippen LogP contribution in [0.15, 0.2) is 18.2 Å². The van der Waals surface area contributed by atoms with Crippen LogP contribution in [0.25, 0.3) is 0 Å². The summed E-state index contributed by atoms with van der Waals surface area (Å²) >= 11 is 0. The normalized spacial score (nSPS) is 15.1. The Morgan fingerprint density at radius 3 is 2.76 bits per heavy atom. The Bertz CT molecular complexity index is 390. The molecule has 0 aliphatic carbocycles. The Kier molecular flexibility index (Phi) is 3.32. The summed E-state index contributed by atoms with van der Waals surface area (Å²) in [5, 5.41) is 3.46. The van der Waals surface area contributed by atoms with Gasteiger partial charge in [0.1, 0.15) is 0 Å². The first kappa shape index (κ1) is 12.3. The molecule has 1 aliphatic heterocycles. The molecule has 0 saturated heterocycles. The standard InChI is InChI=1S/C15H24N2/c1-15(2,3)11-17(4)13-7-8-14-12(10-13)6-5-9-16-14/h7-8,10,16H,5-6,9,11H2,1-4H3. The smallest absolute Gasteiger partial charge is 0.0374 e. The fourth-order valence-electron chi connectivity index (χ4n) is 2.50. The predicted octanol–water partition coefficient (Wildman–Crippen LogP) is 3.53. The summed E-state index contributed by atoms with van der Waals surface area (Å²) in [5.74, 6) is 0. The van der Waals surface area contributed by atoms with Gasteiger partial charge in [0, 0.05) is 31.5 Å². The third kappa shape index (κ3) is 3.15. The van der Waals surface area contributed by atoms with E-state index in [1.54, 1.807) is 0 Å². The van der Waals surface area contributed by atoms with Crippen molar-refractivity contribution in [3.8, 4) is 0 Å². The Labute approximate surface area is 105 Å². The summed E-state index contributed by atoms with van der Waals surface area (Å²) in [4.78, 5) is 2.36. The molecule has 2 nitrogen and oxygen atoms in total. The van der Waals surface area contributed by atoms with E-state index in [0.717, 1.165) is 13.1 Å². The molecule has 1 aromatic rings. The molecule has 0 atom stereocenters. The molecule has 0 amide bonds. The molecule has 0 spiro atoms. The third-order valence-corrected chi connectivity index (χ3v) is 3.18. The van der Waals surface area contributed by atoms with E-state index in [9.17, 15) is 0 Å². The number of nitrogens with zero attached hydrogens (tertiary/aromatic N) is 1. The Balaban J connectivity index is 2.16. The second-order valence-electron chi connectivity index (χ2n) is 6.29. The first-order valence-electron chi connectivity index (χ1n) is 6.54. The Morgan fingerprint density at radius 2 is 2.06 bits per heavy atom. The number of aryl methyl sites for hydroxylation is 1. The molecule has 0 fully saturated rings. The zero-order valence-electron chi connectivity index (χ0n) is 11.5. The van der Waals surface area contributed by atoms with E-state index in [2.05, 4.69) is 56.2 Å². The number of benzene rings is 1. The van der Waals surface area contributed by atoms with E-state index in [4.69, 9.17) is 0 Å². The lowest BCUT2D eigenvalue weighted by Gasteiger charge is -2.29. The van der Waals surface area contributed by atoms with E-state index in [1.807, 2.05) is 0 Å². The van der Waals surface area contributed by atoms with Crippen LogP contribution in [0.3, 0.4) is 0 Å². The number of hydrogen-bond acceptors (Lipinski definition) is 2. The monoisotopic (exact) mass is 232 g/mol. The maximum atomic E-state index is 3.46. The molecular formula is C15H24N2. The molecule has 17 heavy (non-hydrogen) atoms. The summed E-state index contributed by atoms with van der Waals surface area (Å²) in [6.07, 6.45) is 2.46. The summed E-state index contributed by atoms with van der Waals surface area (Å²) in [5.41, 5.74) is 4.46. The molecule has 1 aliphatic rings. The second kappa shape index (κ2) is 4.59. The third-order valence-electron chi connectivity index (χ3n) is 3.18. The lowest BCUT2D eigenvalue weighted by atomic mass is 9.95. The molecule has 0 radical (unpaired) electrons. The van der Waals surface area contributed by atoms with Gasteiger partial charge in [-0.1, -0.05) is 20.8 Å². The van der Waals surface area contributed by atoms with Crippen molar-refractivity contribution in [3.63, 3.8) is 0 Å². The van der Waals surface area contributed by atoms with E-state index >= 15 is 0 Å². The lowest BCUT2D eigenvalue weighted by molar-refractivity contribution is 0.419. The number of fused-ring (bicyclic) bond motifs is 1. The highest BCUT2D eigenvalue weighted by Gasteiger charge is 2.15. The molecule has 1 heterocycles. The molecule has 0 bridgehead atoms. The van der Waals surface area contributed by atoms with E-state index in [0.29, 0.717) is 5.41 Å². The van der Waals surface area contributed by atoms with Gasteiger partial charge in [-0.05, 0) is 42.0 Å². The van der Waals surface area contributed by atoms with Gasteiger partial charge in [0.05, 0.1) is 0 Å². The van der Waals surface area contributed by atoms with Crippen LogP contribution >= 0.6 is 0 Å². The molecule has 1 aromatic carbocycles. The highest BCUT2D eigenvalue weighted by molar-refractivity contribution is 5.61. The molecule has 2 heteroatoms. The van der Waals surface area contributed by atoms with Crippen molar-refractivity contribution in [3.05, 3.63) is 23.8 Å². The SMILES string of the molecule is CN(CC(C)(C)C)c1ccc2c(c1)CCCN2. The maximum Gasteiger partial charge on any atom is 0.0374 e. The molecule has 0 saturated carbocycles. The van der Waals surface area contributed by atoms with Crippen molar-refractivity contribution in [1.82, 2.24) is 0 Å². The van der Waals surface area contributed by atoms with Crippen molar-refractivity contribution in [2.24, 2.45) is 5.41 Å². The average molecular weight is 232 g/mol. The highest BCUT2D eigenvalue weighted by Crippen LogP contribution is 2.28. The average Bonchev–Trinajstić information content (AvgIpc) is 2.26. The number of anilines is 2. The molecule has 0 unspecified atom stereocenters. The fraction of sp³-hybridized carbons (Fsp3) is 0.600. The molecular weight excluding hydrogens is 208 g/mol. The van der Waals surface area contributed by atoms with Crippen LogP contribution in [0.2, 0.25) is 0 Å². The topological polar surface area (TPSA) is 15.3 Å². The highest BCUT2D eigenvalue weighted by atomic mass is 15.1. The predicted molar refractivity (Wildman–Crippen MR) is 76.0 cm³/mol. The van der Waals surface area contributed by atoms with Crippen molar-refractivity contribution in [2.45, 2.75) is 33.6 Å². The first-order valence-corrected chi connectivity index (χ1v) is 6.54. The minimum Gasteiger partial charge on any atom is -0.385 e. The summed E-state index contributed by atoms with van der Waals surface area (Å²) in [6, 6.07) is 6.79. The van der Waals surface area contributed by atoms with Crippen LogP contribution in [-0.4, -0.2) is 20.1 Å². The van der Waals surface area contributed by atoms with Gasteiger partial charge in [-0.3, -0.25) is 0 Å². The van der Waals surface area contributed by atoms with Crippen LogP contribution in [0, 0.1) is 5.41 Å². The molecule has 2 rings (SSSR count). The van der Waals surface area contributed by atoms with Crippen LogP contribution in [0.1, 0.15) is 32.8 Å². The molecule has 94 valence electrons. The maximum absolute atomic E-state index is 3.46. The minimum absolute atomic E-state index is 0.336. The van der Waals surface area contributed by atoms with Crippen molar-refractivity contribution < 1.29 is 0 Å². The van der Waals surface area contributed by atoms with Gasteiger partial charge in [0.15, 0.2) is 0 Å². The molecule has 1 N–H and O–H groups in total. The number of hydrogen-bond donors (Lipinski definition) is 1. The van der Waals surface area contributed by atoms with E-state index < -0.39 is 0 Å². The number of nitrogens with one attached hydrogen (secondary N) is 1. The van der Waals surface area contributed by atoms with Crippen LogP contribution in [0.4, 0.5) is 11.4 Å². The largest absolute Gasteiger partial charge is 0.385 e. The van der Waals surface area contributed by atoms with E-state index in [1.165, 1.54) is 29.8 Å². The van der Waals surface area contributed by atoms with E-state index in [-0.39, 0.29) is 0 Å². The second-order valence-corrected chi connectivity index (χ2v) is 6.29. The zero-order valence-corrected chi connectivity index (χ0v) is 11.5. The van der Waals surface area contributed by atoms with Gasteiger partial charge in [0.25, 0.3) is 0 Å². The van der Waals surface area contributed by atoms with Crippen molar-refractivity contribution >= 4 is 11.4 Å². The van der Waals surface area contributed by atoms with Gasteiger partial charge in [-0.2, -0.15) is 0 Å². The Morgan fingerprint density at radius 1 is 1.29 bits per heavy atom. The first-order chi connectivity index (χ1) is 7.96. The van der Waals surface area contributed by atoms with Crippen LogP contribution in [0.5, 0.6) is 0 Å². The van der Waals surface area contributed by atoms with Gasteiger partial charge < -0.3 is 10.2 Å². The van der Waals surface area contributed by atoms with Crippen molar-refractivity contribution in [2.75, 3.05) is 30.4 Å². The van der Waals surface area contributed by atoms with Gasteiger partial charge in [0.2, 0.25) is 0 Å². The minimum atomic E-state index is 0.336. The zero-order chi connectivity index (χ0) is 12.5. The molecule has 0 aromatic heterocycles. The summed E-state index contributed by atoms with van der Waals surface area (Å²) < 4.78 is 0. The quantitative estimate of drug-likeness (QED) is 0.839. The summed E-state index contributed by atoms with van der Waals surface area (Å²) in [6.45, 7) is 9.04. The van der Waals surface area contributed by atoms with Gasteiger partial charge in [-0.15, -0.1) is 0 Å². The lowest BCUT2D eigenvalue weighted by Crippen LogP contribution is -2.29. The van der Waals surface area contributed by atoms with Crippen LogP contribution < -0.4 is 10.2 Å². The fourth-order valence-corrected chi connectivity index (χ4v) is 2.50. The van der Waals surface area contributed by atoms with Crippen molar-refractivity contribution in [1.29, 1.82) is 0 Å². The van der Waals surface area contributed by atoms with Gasteiger partial charge in [-0.25, -0.2) is 0 Å². The van der Waals surface area contributed by atoms with Gasteiger partial charge >= 0.3 is 0 Å².